The largest absolute Gasteiger partial charge is 0.491 e. The highest BCUT2D eigenvalue weighted by molar-refractivity contribution is 5.41. The van der Waals surface area contributed by atoms with Crippen molar-refractivity contribution in [1.82, 2.24) is 4.90 Å². The van der Waals surface area contributed by atoms with E-state index in [0.717, 1.165) is 31.9 Å². The minimum absolute atomic E-state index is 0.287. The number of nitrogens with two attached hydrogens (primary N) is 1. The van der Waals surface area contributed by atoms with Crippen LogP contribution in [-0.2, 0) is 4.74 Å². The predicted molar refractivity (Wildman–Crippen MR) is 83.4 cm³/mol. The SMILES string of the molecule is CN(CC(O)COc1ccc(N)cc1)CC1CCCOC1. The molecule has 5 heteroatoms. The van der Waals surface area contributed by atoms with Crippen molar-refractivity contribution in [3.05, 3.63) is 24.3 Å². The van der Waals surface area contributed by atoms with Crippen molar-refractivity contribution < 1.29 is 14.6 Å². The summed E-state index contributed by atoms with van der Waals surface area (Å²) in [4.78, 5) is 2.15. The maximum Gasteiger partial charge on any atom is 0.119 e. The number of nitrogen functional groups attached to an aromatic ring is 1. The third-order valence-electron chi connectivity index (χ3n) is 3.67. The monoisotopic (exact) mass is 294 g/mol. The molecule has 1 heterocycles. The Morgan fingerprint density at radius 2 is 2.19 bits per heavy atom. The summed E-state index contributed by atoms with van der Waals surface area (Å²) in [6.07, 6.45) is 1.85. The summed E-state index contributed by atoms with van der Waals surface area (Å²) < 4.78 is 11.0. The van der Waals surface area contributed by atoms with E-state index in [0.29, 0.717) is 18.2 Å². The van der Waals surface area contributed by atoms with Crippen LogP contribution < -0.4 is 10.5 Å². The molecular weight excluding hydrogens is 268 g/mol. The van der Waals surface area contributed by atoms with Gasteiger partial charge in [-0.3, -0.25) is 0 Å². The van der Waals surface area contributed by atoms with Gasteiger partial charge < -0.3 is 25.2 Å². The Balaban J connectivity index is 1.65. The molecule has 0 amide bonds. The summed E-state index contributed by atoms with van der Waals surface area (Å²) in [6, 6.07) is 7.20. The van der Waals surface area contributed by atoms with Crippen LogP contribution in [0.4, 0.5) is 5.69 Å². The zero-order valence-corrected chi connectivity index (χ0v) is 12.7. The summed E-state index contributed by atoms with van der Waals surface area (Å²) in [7, 11) is 2.03. The van der Waals surface area contributed by atoms with E-state index < -0.39 is 6.10 Å². The Hall–Kier alpha value is -1.30. The van der Waals surface area contributed by atoms with Crippen molar-refractivity contribution in [2.45, 2.75) is 18.9 Å². The molecule has 21 heavy (non-hydrogen) atoms. The quantitative estimate of drug-likeness (QED) is 0.743. The number of rotatable bonds is 7. The second-order valence-corrected chi connectivity index (χ2v) is 5.84. The van der Waals surface area contributed by atoms with Crippen molar-refractivity contribution in [3.63, 3.8) is 0 Å². The van der Waals surface area contributed by atoms with Gasteiger partial charge in [-0.1, -0.05) is 0 Å². The van der Waals surface area contributed by atoms with E-state index in [1.165, 1.54) is 6.42 Å². The molecule has 0 aliphatic carbocycles. The molecule has 1 aromatic rings. The molecule has 1 aliphatic rings. The average molecular weight is 294 g/mol. The lowest BCUT2D eigenvalue weighted by Crippen LogP contribution is -2.37. The van der Waals surface area contributed by atoms with Crippen LogP contribution in [0, 0.1) is 5.92 Å². The molecule has 1 fully saturated rings. The van der Waals surface area contributed by atoms with Gasteiger partial charge in [0.05, 0.1) is 6.61 Å². The van der Waals surface area contributed by atoms with Crippen molar-refractivity contribution >= 4 is 5.69 Å². The standard InChI is InChI=1S/C16H26N2O3/c1-18(9-13-3-2-8-20-11-13)10-15(19)12-21-16-6-4-14(17)5-7-16/h4-7,13,15,19H,2-3,8-12,17H2,1H3. The van der Waals surface area contributed by atoms with Crippen LogP contribution in [0.2, 0.25) is 0 Å². The van der Waals surface area contributed by atoms with Gasteiger partial charge in [-0.25, -0.2) is 0 Å². The summed E-state index contributed by atoms with van der Waals surface area (Å²) in [5, 5.41) is 10.0. The first-order valence-electron chi connectivity index (χ1n) is 7.56. The number of hydrogen-bond acceptors (Lipinski definition) is 5. The van der Waals surface area contributed by atoms with Crippen LogP contribution in [-0.4, -0.2) is 56.1 Å². The fourth-order valence-corrected chi connectivity index (χ4v) is 2.64. The lowest BCUT2D eigenvalue weighted by atomic mass is 10.0. The topological polar surface area (TPSA) is 68.0 Å². The molecule has 0 spiro atoms. The Labute approximate surface area is 126 Å². The Kier molecular flexibility index (Phi) is 6.29. The maximum absolute atomic E-state index is 10.0. The fraction of sp³-hybridized carbons (Fsp3) is 0.625. The third kappa shape index (κ3) is 5.91. The van der Waals surface area contributed by atoms with E-state index in [1.54, 1.807) is 12.1 Å². The lowest BCUT2D eigenvalue weighted by Gasteiger charge is -2.28. The summed E-state index contributed by atoms with van der Waals surface area (Å²) in [5.74, 6) is 1.31. The number of likely N-dealkylation sites (N-methyl/N-ethyl adjacent to an activating group) is 1. The number of ether oxygens (including phenoxy) is 2. The summed E-state index contributed by atoms with van der Waals surface area (Å²) >= 11 is 0. The zero-order chi connectivity index (χ0) is 15.1. The molecular formula is C16H26N2O3. The second kappa shape index (κ2) is 8.22. The van der Waals surface area contributed by atoms with Gasteiger partial charge in [0.15, 0.2) is 0 Å². The highest BCUT2D eigenvalue weighted by Gasteiger charge is 2.17. The van der Waals surface area contributed by atoms with Crippen molar-refractivity contribution in [1.29, 1.82) is 0 Å². The zero-order valence-electron chi connectivity index (χ0n) is 12.7. The summed E-state index contributed by atoms with van der Waals surface area (Å²) in [6.45, 7) is 3.57. The minimum atomic E-state index is -0.503. The van der Waals surface area contributed by atoms with E-state index in [2.05, 4.69) is 4.90 Å². The van der Waals surface area contributed by atoms with Crippen molar-refractivity contribution in [3.8, 4) is 5.75 Å². The number of anilines is 1. The van der Waals surface area contributed by atoms with E-state index in [9.17, 15) is 5.11 Å². The van der Waals surface area contributed by atoms with Crippen LogP contribution in [0.25, 0.3) is 0 Å². The molecule has 3 N–H and O–H groups in total. The van der Waals surface area contributed by atoms with Crippen LogP contribution in [0.5, 0.6) is 5.75 Å². The molecule has 0 aromatic heterocycles. The number of aliphatic hydroxyl groups is 1. The van der Waals surface area contributed by atoms with Crippen LogP contribution in [0.1, 0.15) is 12.8 Å². The normalized spacial score (nSPS) is 20.4. The van der Waals surface area contributed by atoms with Crippen LogP contribution in [0.3, 0.4) is 0 Å². The molecule has 0 saturated carbocycles. The maximum atomic E-state index is 10.0. The highest BCUT2D eigenvalue weighted by atomic mass is 16.5. The van der Waals surface area contributed by atoms with Gasteiger partial charge in [-0.15, -0.1) is 0 Å². The van der Waals surface area contributed by atoms with E-state index in [1.807, 2.05) is 19.2 Å². The Bertz CT molecular complexity index is 404. The first kappa shape index (κ1) is 16.1. The molecule has 0 radical (unpaired) electrons. The van der Waals surface area contributed by atoms with E-state index >= 15 is 0 Å². The second-order valence-electron chi connectivity index (χ2n) is 5.84. The van der Waals surface area contributed by atoms with Crippen molar-refractivity contribution in [2.75, 3.05) is 45.7 Å². The molecule has 1 aliphatic heterocycles. The lowest BCUT2D eigenvalue weighted by molar-refractivity contribution is 0.0282. The number of aliphatic hydroxyl groups excluding tert-OH is 1. The van der Waals surface area contributed by atoms with Gasteiger partial charge in [-0.05, 0) is 50.1 Å². The molecule has 118 valence electrons. The first-order valence-corrected chi connectivity index (χ1v) is 7.56. The fourth-order valence-electron chi connectivity index (χ4n) is 2.64. The van der Waals surface area contributed by atoms with Gasteiger partial charge in [0.1, 0.15) is 18.5 Å². The van der Waals surface area contributed by atoms with Crippen LogP contribution >= 0.6 is 0 Å². The summed E-state index contributed by atoms with van der Waals surface area (Å²) in [5.41, 5.74) is 6.32. The minimum Gasteiger partial charge on any atom is -0.491 e. The average Bonchev–Trinajstić information content (AvgIpc) is 2.47. The molecule has 1 aromatic carbocycles. The van der Waals surface area contributed by atoms with Gasteiger partial charge in [0, 0.05) is 25.4 Å². The van der Waals surface area contributed by atoms with Crippen molar-refractivity contribution in [2.24, 2.45) is 5.92 Å². The number of benzene rings is 1. The molecule has 2 unspecified atom stereocenters. The highest BCUT2D eigenvalue weighted by Crippen LogP contribution is 2.15. The van der Waals surface area contributed by atoms with Gasteiger partial charge in [0.2, 0.25) is 0 Å². The third-order valence-corrected chi connectivity index (χ3v) is 3.67. The molecule has 5 nitrogen and oxygen atoms in total. The number of hydrogen-bond donors (Lipinski definition) is 2. The molecule has 0 bridgehead atoms. The van der Waals surface area contributed by atoms with Gasteiger partial charge >= 0.3 is 0 Å². The van der Waals surface area contributed by atoms with Gasteiger partial charge in [-0.2, -0.15) is 0 Å². The van der Waals surface area contributed by atoms with Crippen LogP contribution in [0.15, 0.2) is 24.3 Å². The smallest absolute Gasteiger partial charge is 0.119 e. The van der Waals surface area contributed by atoms with E-state index in [-0.39, 0.29) is 6.61 Å². The predicted octanol–water partition coefficient (Wildman–Crippen LogP) is 1.37. The first-order chi connectivity index (χ1) is 10.1. The molecule has 2 atom stereocenters. The Morgan fingerprint density at radius 1 is 1.43 bits per heavy atom. The van der Waals surface area contributed by atoms with E-state index in [4.69, 9.17) is 15.2 Å². The number of nitrogens with zero attached hydrogens (tertiary/aromatic N) is 1. The molecule has 1 saturated heterocycles. The Morgan fingerprint density at radius 3 is 2.86 bits per heavy atom. The van der Waals surface area contributed by atoms with Gasteiger partial charge in [0.25, 0.3) is 0 Å². The molecule has 2 rings (SSSR count).